The van der Waals surface area contributed by atoms with E-state index in [9.17, 15) is 22.8 Å². The number of pyridine rings is 1. The Morgan fingerprint density at radius 3 is 2.68 bits per heavy atom. The van der Waals surface area contributed by atoms with Crippen LogP contribution in [0.4, 0.5) is 23.7 Å². The van der Waals surface area contributed by atoms with Crippen LogP contribution in [-0.4, -0.2) is 49.3 Å². The molecule has 1 atom stereocenters. The molecule has 1 unspecified atom stereocenters. The van der Waals surface area contributed by atoms with Crippen molar-refractivity contribution in [2.24, 2.45) is 0 Å². The summed E-state index contributed by atoms with van der Waals surface area (Å²) in [6, 6.07) is 12.4. The van der Waals surface area contributed by atoms with Gasteiger partial charge in [0.2, 0.25) is 5.56 Å². The number of carbonyl (C=O) groups excluding carboxylic acids is 1. The highest BCUT2D eigenvalue weighted by Crippen LogP contribution is 2.25. The van der Waals surface area contributed by atoms with Crippen LogP contribution in [0.3, 0.4) is 0 Å². The number of alkyl halides is 2. The third-order valence-electron chi connectivity index (χ3n) is 5.54. The van der Waals surface area contributed by atoms with Crippen LogP contribution in [-0.2, 0) is 11.3 Å². The zero-order chi connectivity index (χ0) is 24.7. The molecule has 3 N–H and O–H groups in total. The Morgan fingerprint density at radius 2 is 2.00 bits per heavy atom. The van der Waals surface area contributed by atoms with Gasteiger partial charge >= 0.3 is 6.03 Å². The molecule has 7 nitrogen and oxygen atoms in total. The van der Waals surface area contributed by atoms with Crippen LogP contribution >= 0.6 is 0 Å². The summed E-state index contributed by atoms with van der Waals surface area (Å²) in [5.74, 6) is -0.927. The van der Waals surface area contributed by atoms with E-state index in [4.69, 9.17) is 4.74 Å². The number of likely N-dealkylation sites (tertiary alicyclic amines) is 1. The Balaban J connectivity index is 0.000000248. The quantitative estimate of drug-likeness (QED) is 0.514. The van der Waals surface area contributed by atoms with Crippen molar-refractivity contribution < 1.29 is 22.7 Å². The topological polar surface area (TPSA) is 86.5 Å². The highest BCUT2D eigenvalue weighted by molar-refractivity contribution is 5.90. The maximum absolute atomic E-state index is 14.0. The number of nitrogens with zero attached hydrogens (tertiary/aromatic N) is 1. The lowest BCUT2D eigenvalue weighted by molar-refractivity contribution is 0.110. The number of rotatable bonds is 5. The van der Waals surface area contributed by atoms with E-state index in [1.165, 1.54) is 18.2 Å². The summed E-state index contributed by atoms with van der Waals surface area (Å²) in [4.78, 5) is 27.1. The minimum Gasteiger partial charge on any atom is -0.380 e. The van der Waals surface area contributed by atoms with Crippen molar-refractivity contribution in [3.05, 3.63) is 75.8 Å². The number of carbonyl (C=O) groups is 1. The number of nitrogens with one attached hydrogen (secondary N) is 3. The molecule has 1 fully saturated rings. The molecule has 0 spiro atoms. The van der Waals surface area contributed by atoms with Gasteiger partial charge < -0.3 is 25.3 Å². The van der Waals surface area contributed by atoms with E-state index in [0.29, 0.717) is 11.2 Å². The molecule has 1 aromatic heterocycles. The molecule has 0 bridgehead atoms. The predicted octanol–water partition coefficient (Wildman–Crippen LogP) is 4.26. The normalized spacial score (nSPS) is 15.2. The number of hydrogen-bond acceptors (Lipinski definition) is 4. The second kappa shape index (κ2) is 11.6. The van der Waals surface area contributed by atoms with Gasteiger partial charge in [-0.15, -0.1) is 0 Å². The van der Waals surface area contributed by atoms with E-state index in [-0.39, 0.29) is 29.8 Å². The number of halogens is 3. The highest BCUT2D eigenvalue weighted by atomic mass is 19.3. The first-order chi connectivity index (χ1) is 16.3. The largest absolute Gasteiger partial charge is 0.380 e. The summed E-state index contributed by atoms with van der Waals surface area (Å²) in [5, 5.41) is 6.29. The smallest absolute Gasteiger partial charge is 0.317 e. The van der Waals surface area contributed by atoms with Crippen LogP contribution in [0.15, 0.2) is 53.3 Å². The second-order valence-corrected chi connectivity index (χ2v) is 7.71. The van der Waals surface area contributed by atoms with E-state index < -0.39 is 17.8 Å². The number of fused-ring (bicyclic) bond motifs is 1. The third kappa shape index (κ3) is 6.07. The fourth-order valence-corrected chi connectivity index (χ4v) is 3.71. The Bertz CT molecular complexity index is 1190. The number of para-hydroxylation sites is 1. The van der Waals surface area contributed by atoms with Gasteiger partial charge in [-0.1, -0.05) is 36.4 Å². The average molecular weight is 476 g/mol. The Hall–Kier alpha value is -3.53. The molecule has 4 rings (SSSR count). The maximum Gasteiger partial charge on any atom is 0.317 e. The number of methoxy groups -OCH3 is 1. The third-order valence-corrected chi connectivity index (χ3v) is 5.54. The molecule has 2 aromatic carbocycles. The van der Waals surface area contributed by atoms with Gasteiger partial charge in [0, 0.05) is 56.5 Å². The number of hydrogen-bond donors (Lipinski definition) is 3. The van der Waals surface area contributed by atoms with Crippen LogP contribution in [0.5, 0.6) is 0 Å². The van der Waals surface area contributed by atoms with Crippen molar-refractivity contribution >= 4 is 22.6 Å². The number of benzene rings is 2. The van der Waals surface area contributed by atoms with Crippen molar-refractivity contribution in [2.45, 2.75) is 25.5 Å². The van der Waals surface area contributed by atoms with Crippen LogP contribution in [0, 0.1) is 5.82 Å². The molecule has 182 valence electrons. The minimum absolute atomic E-state index is 0.000158. The number of ether oxygens (including phenoxy) is 1. The fourth-order valence-electron chi connectivity index (χ4n) is 3.71. The van der Waals surface area contributed by atoms with Gasteiger partial charge in [0.15, 0.2) is 0 Å². The number of urea groups is 1. The fraction of sp³-hybridized carbons (Fsp3) is 0.333. The van der Waals surface area contributed by atoms with E-state index in [1.54, 1.807) is 37.3 Å². The molecule has 0 saturated carbocycles. The zero-order valence-corrected chi connectivity index (χ0v) is 18.9. The lowest BCUT2D eigenvalue weighted by Gasteiger charge is -2.14. The van der Waals surface area contributed by atoms with Crippen LogP contribution in [0.1, 0.15) is 24.0 Å². The van der Waals surface area contributed by atoms with Gasteiger partial charge in [-0.05, 0) is 12.5 Å². The lowest BCUT2D eigenvalue weighted by atomic mass is 10.1. The van der Waals surface area contributed by atoms with Gasteiger partial charge in [0.1, 0.15) is 5.82 Å². The van der Waals surface area contributed by atoms with Gasteiger partial charge in [-0.25, -0.2) is 18.0 Å². The number of amides is 2. The minimum atomic E-state index is -2.87. The standard InChI is InChI=1S/C17H13F3N2O.C7H14N2O2/c18-16-10(4-3-6-12(16)17(19)20)9-21-14-8-15(23)22-13-7-2-1-5-11(13)14;1-8-7(10)9-4-3-6(5-9)11-2/h1-8,17H,9H2,(H2,21,22,23);6H,3-5H2,1-2H3,(H,8,10). The molecular weight excluding hydrogens is 449 g/mol. The van der Waals surface area contributed by atoms with Gasteiger partial charge in [-0.2, -0.15) is 0 Å². The van der Waals surface area contributed by atoms with E-state index in [0.717, 1.165) is 31.0 Å². The lowest BCUT2D eigenvalue weighted by Crippen LogP contribution is -2.36. The summed E-state index contributed by atoms with van der Waals surface area (Å²) in [6.45, 7) is 1.52. The molecule has 0 radical (unpaired) electrons. The summed E-state index contributed by atoms with van der Waals surface area (Å²) < 4.78 is 44.6. The number of anilines is 1. The number of H-pyrrole nitrogens is 1. The monoisotopic (exact) mass is 476 g/mol. The molecule has 1 aliphatic rings. The first-order valence-corrected chi connectivity index (χ1v) is 10.7. The molecular formula is C24H27F3N4O3. The van der Waals surface area contributed by atoms with Crippen LogP contribution < -0.4 is 16.2 Å². The van der Waals surface area contributed by atoms with Gasteiger partial charge in [0.05, 0.1) is 17.2 Å². The second-order valence-electron chi connectivity index (χ2n) is 7.71. The number of aromatic nitrogens is 1. The molecule has 10 heteroatoms. The van der Waals surface area contributed by atoms with E-state index >= 15 is 0 Å². The SMILES string of the molecule is CNC(=O)N1CCC(OC)C1.O=c1cc(NCc2cccc(C(F)F)c2F)c2ccccc2[nH]1. The maximum atomic E-state index is 14.0. The molecule has 3 aromatic rings. The summed E-state index contributed by atoms with van der Waals surface area (Å²) in [5.41, 5.74) is 0.357. The Morgan fingerprint density at radius 1 is 1.24 bits per heavy atom. The molecule has 0 aliphatic carbocycles. The first kappa shape index (κ1) is 25.1. The summed E-state index contributed by atoms with van der Waals surface area (Å²) in [7, 11) is 3.32. The molecule has 2 amide bonds. The van der Waals surface area contributed by atoms with Crippen LogP contribution in [0.25, 0.3) is 10.9 Å². The molecule has 34 heavy (non-hydrogen) atoms. The highest BCUT2D eigenvalue weighted by Gasteiger charge is 2.24. The zero-order valence-electron chi connectivity index (χ0n) is 18.9. The molecule has 1 aliphatic heterocycles. The van der Waals surface area contributed by atoms with Crippen molar-refractivity contribution in [2.75, 3.05) is 32.6 Å². The summed E-state index contributed by atoms with van der Waals surface area (Å²) in [6.07, 6.45) is -1.69. The van der Waals surface area contributed by atoms with Crippen molar-refractivity contribution in [3.63, 3.8) is 0 Å². The first-order valence-electron chi connectivity index (χ1n) is 10.7. The molecule has 2 heterocycles. The van der Waals surface area contributed by atoms with Crippen LogP contribution in [0.2, 0.25) is 0 Å². The predicted molar refractivity (Wildman–Crippen MR) is 125 cm³/mol. The van der Waals surface area contributed by atoms with Gasteiger partial charge in [0.25, 0.3) is 6.43 Å². The summed E-state index contributed by atoms with van der Waals surface area (Å²) >= 11 is 0. The van der Waals surface area contributed by atoms with Crippen molar-refractivity contribution in [3.8, 4) is 0 Å². The molecule has 1 saturated heterocycles. The Kier molecular flexibility index (Phi) is 8.53. The van der Waals surface area contributed by atoms with Gasteiger partial charge in [-0.3, -0.25) is 4.79 Å². The van der Waals surface area contributed by atoms with E-state index in [1.807, 2.05) is 6.07 Å². The average Bonchev–Trinajstić information content (AvgIpc) is 3.32. The van der Waals surface area contributed by atoms with Crippen molar-refractivity contribution in [1.29, 1.82) is 0 Å². The van der Waals surface area contributed by atoms with Crippen molar-refractivity contribution in [1.82, 2.24) is 15.2 Å². The Labute approximate surface area is 194 Å². The van der Waals surface area contributed by atoms with E-state index in [2.05, 4.69) is 15.6 Å². The number of aromatic amines is 1.